The molecule has 0 aliphatic carbocycles. The molecule has 3 nitrogen and oxygen atoms in total. The van der Waals surface area contributed by atoms with Gasteiger partial charge in [-0.1, -0.05) is 31.2 Å². The molecule has 1 aromatic heterocycles. The first-order chi connectivity index (χ1) is 7.16. The fourth-order valence-corrected chi connectivity index (χ4v) is 3.91. The fraction of sp³-hybridized carbons (Fsp3) is 0.333. The summed E-state index contributed by atoms with van der Waals surface area (Å²) < 4.78 is 26.6. The van der Waals surface area contributed by atoms with E-state index in [-0.39, 0.29) is 10.2 Å². The van der Waals surface area contributed by atoms with Crippen molar-refractivity contribution in [1.82, 2.24) is 4.98 Å². The van der Waals surface area contributed by atoms with E-state index in [2.05, 4.69) is 4.98 Å². The Balaban J connectivity index is 3.66. The van der Waals surface area contributed by atoms with Crippen LogP contribution in [0.3, 0.4) is 0 Å². The van der Waals surface area contributed by atoms with Crippen LogP contribution in [0.1, 0.15) is 10.5 Å². The van der Waals surface area contributed by atoms with Crippen LogP contribution in [0.2, 0.25) is 24.7 Å². The van der Waals surface area contributed by atoms with Crippen LogP contribution in [0, 0.1) is 11.8 Å². The maximum atomic E-state index is 13.5. The summed E-state index contributed by atoms with van der Waals surface area (Å²) in [6.07, 6.45) is 0. The fourth-order valence-electron chi connectivity index (χ4n) is 1.31. The maximum Gasteiger partial charge on any atom is 0.356 e. The van der Waals surface area contributed by atoms with Crippen LogP contribution >= 0.6 is 11.6 Å². The lowest BCUT2D eigenvalue weighted by molar-refractivity contribution is 0.0689. The molecule has 0 amide bonds. The zero-order valence-electron chi connectivity index (χ0n) is 8.94. The summed E-state index contributed by atoms with van der Waals surface area (Å²) in [4.78, 5) is 13.7. The van der Waals surface area contributed by atoms with Gasteiger partial charge >= 0.3 is 5.97 Å². The number of nitrogens with zero attached hydrogens (tertiary/aromatic N) is 1. The highest BCUT2D eigenvalue weighted by Gasteiger charge is 2.31. The lowest BCUT2D eigenvalue weighted by Crippen LogP contribution is -2.42. The second kappa shape index (κ2) is 4.10. The molecule has 1 heterocycles. The van der Waals surface area contributed by atoms with Gasteiger partial charge in [-0.2, -0.15) is 4.39 Å². The minimum absolute atomic E-state index is 0.0425. The molecule has 1 N–H and O–H groups in total. The predicted molar refractivity (Wildman–Crippen MR) is 59.1 cm³/mol. The van der Waals surface area contributed by atoms with Crippen molar-refractivity contribution >= 4 is 30.8 Å². The molecular weight excluding hydrogens is 256 g/mol. The smallest absolute Gasteiger partial charge is 0.356 e. The van der Waals surface area contributed by atoms with Gasteiger partial charge in [0.1, 0.15) is 0 Å². The van der Waals surface area contributed by atoms with Crippen LogP contribution in [0.4, 0.5) is 8.78 Å². The molecule has 0 fully saturated rings. The van der Waals surface area contributed by atoms with Gasteiger partial charge in [-0.25, -0.2) is 14.2 Å². The van der Waals surface area contributed by atoms with E-state index in [4.69, 9.17) is 16.7 Å². The summed E-state index contributed by atoms with van der Waals surface area (Å²) in [5.41, 5.74) is -0.641. The molecule has 7 heteroatoms. The summed E-state index contributed by atoms with van der Waals surface area (Å²) >= 11 is 5.75. The molecule has 0 atom stereocenters. The van der Waals surface area contributed by atoms with E-state index in [1.807, 2.05) is 0 Å². The Morgan fingerprint density at radius 2 is 1.88 bits per heavy atom. The Kier molecular flexibility index (Phi) is 3.34. The second-order valence-corrected chi connectivity index (χ2v) is 9.69. The summed E-state index contributed by atoms with van der Waals surface area (Å²) in [6, 6.07) is 0. The van der Waals surface area contributed by atoms with Gasteiger partial charge in [-0.05, 0) is 0 Å². The minimum atomic E-state index is -2.28. The first kappa shape index (κ1) is 13.1. The molecular formula is C9H10ClF2NO2Si. The Labute approximate surface area is 97.1 Å². The average molecular weight is 266 g/mol. The van der Waals surface area contributed by atoms with Crippen LogP contribution in [-0.4, -0.2) is 24.1 Å². The largest absolute Gasteiger partial charge is 0.476 e. The van der Waals surface area contributed by atoms with E-state index in [9.17, 15) is 13.6 Å². The summed E-state index contributed by atoms with van der Waals surface area (Å²) in [5, 5.41) is 8.41. The lowest BCUT2D eigenvalue weighted by Gasteiger charge is -2.19. The van der Waals surface area contributed by atoms with Crippen molar-refractivity contribution < 1.29 is 18.7 Å². The topological polar surface area (TPSA) is 50.2 Å². The molecule has 0 bridgehead atoms. The van der Waals surface area contributed by atoms with Crippen LogP contribution in [-0.2, 0) is 0 Å². The van der Waals surface area contributed by atoms with Gasteiger partial charge in [0.15, 0.2) is 11.5 Å². The van der Waals surface area contributed by atoms with Gasteiger partial charge in [0, 0.05) is 5.19 Å². The zero-order valence-corrected chi connectivity index (χ0v) is 10.7. The van der Waals surface area contributed by atoms with E-state index in [1.165, 1.54) is 0 Å². The van der Waals surface area contributed by atoms with Crippen molar-refractivity contribution in [2.45, 2.75) is 19.6 Å². The summed E-state index contributed by atoms with van der Waals surface area (Å²) in [6.45, 7) is 5.22. The van der Waals surface area contributed by atoms with Gasteiger partial charge in [-0.3, -0.25) is 0 Å². The highest BCUT2D eigenvalue weighted by molar-refractivity contribution is 6.90. The molecule has 0 spiro atoms. The first-order valence-corrected chi connectivity index (χ1v) is 8.32. The summed E-state index contributed by atoms with van der Waals surface area (Å²) in [7, 11) is -2.28. The molecule has 16 heavy (non-hydrogen) atoms. The van der Waals surface area contributed by atoms with E-state index in [0.29, 0.717) is 0 Å². The van der Waals surface area contributed by atoms with Gasteiger partial charge in [0.05, 0.1) is 13.1 Å². The SMILES string of the molecule is C[Si](C)(C)c1c(F)c(F)nc(C(=O)O)c1Cl. The Morgan fingerprint density at radius 1 is 1.38 bits per heavy atom. The van der Waals surface area contributed by atoms with Crippen LogP contribution in [0.5, 0.6) is 0 Å². The standard InChI is InChI=1S/C9H10ClF2NO2Si/c1-16(2,3)7-4(10)6(9(14)15)13-8(12)5(7)11/h1-3H3,(H,14,15). The van der Waals surface area contributed by atoms with Crippen molar-refractivity contribution in [3.63, 3.8) is 0 Å². The zero-order chi connectivity index (χ0) is 12.7. The third kappa shape index (κ3) is 2.22. The van der Waals surface area contributed by atoms with Crippen molar-refractivity contribution in [2.75, 3.05) is 0 Å². The van der Waals surface area contributed by atoms with Gasteiger partial charge in [-0.15, -0.1) is 0 Å². The van der Waals surface area contributed by atoms with Gasteiger partial charge in [0.2, 0.25) is 5.95 Å². The number of carbonyl (C=O) groups is 1. The molecule has 0 radical (unpaired) electrons. The van der Waals surface area contributed by atoms with E-state index >= 15 is 0 Å². The number of carboxylic acid groups (broad SMARTS) is 1. The molecule has 1 aromatic rings. The molecule has 88 valence electrons. The minimum Gasteiger partial charge on any atom is -0.476 e. The van der Waals surface area contributed by atoms with Crippen molar-refractivity contribution in [2.24, 2.45) is 0 Å². The Morgan fingerprint density at radius 3 is 2.25 bits per heavy atom. The normalized spacial score (nSPS) is 11.6. The second-order valence-electron chi connectivity index (χ2n) is 4.31. The third-order valence-corrected chi connectivity index (χ3v) is 4.49. The summed E-state index contributed by atoms with van der Waals surface area (Å²) in [5.74, 6) is -4.03. The highest BCUT2D eigenvalue weighted by Crippen LogP contribution is 2.19. The molecule has 0 aliphatic heterocycles. The molecule has 0 saturated carbocycles. The number of hydrogen-bond donors (Lipinski definition) is 1. The molecule has 0 unspecified atom stereocenters. The number of rotatable bonds is 2. The predicted octanol–water partition coefficient (Wildman–Crippen LogP) is 2.26. The van der Waals surface area contributed by atoms with Gasteiger partial charge < -0.3 is 5.11 Å². The van der Waals surface area contributed by atoms with Crippen molar-refractivity contribution in [1.29, 1.82) is 0 Å². The molecule has 0 saturated heterocycles. The van der Waals surface area contributed by atoms with Crippen molar-refractivity contribution in [3.8, 4) is 0 Å². The number of hydrogen-bond acceptors (Lipinski definition) is 2. The first-order valence-electron chi connectivity index (χ1n) is 4.44. The Bertz CT molecular complexity index is 460. The number of aromatic carboxylic acids is 1. The molecule has 1 rings (SSSR count). The number of pyridine rings is 1. The van der Waals surface area contributed by atoms with E-state index < -0.39 is 31.5 Å². The maximum absolute atomic E-state index is 13.5. The van der Waals surface area contributed by atoms with Crippen molar-refractivity contribution in [3.05, 3.63) is 22.5 Å². The monoisotopic (exact) mass is 265 g/mol. The number of aromatic nitrogens is 1. The van der Waals surface area contributed by atoms with Gasteiger partial charge in [0.25, 0.3) is 0 Å². The molecule has 0 aliphatic rings. The lowest BCUT2D eigenvalue weighted by atomic mass is 10.3. The third-order valence-electron chi connectivity index (χ3n) is 1.99. The Hall–Kier alpha value is -1.01. The number of halogens is 3. The van der Waals surface area contributed by atoms with E-state index in [1.54, 1.807) is 19.6 Å². The van der Waals surface area contributed by atoms with Crippen LogP contribution in [0.25, 0.3) is 0 Å². The van der Waals surface area contributed by atoms with E-state index in [0.717, 1.165) is 0 Å². The highest BCUT2D eigenvalue weighted by atomic mass is 35.5. The molecule has 0 aromatic carbocycles. The van der Waals surface area contributed by atoms with Crippen LogP contribution in [0.15, 0.2) is 0 Å². The number of carboxylic acids is 1. The van der Waals surface area contributed by atoms with Crippen LogP contribution < -0.4 is 5.19 Å². The average Bonchev–Trinajstić information content (AvgIpc) is 2.08. The quantitative estimate of drug-likeness (QED) is 0.659.